The topological polar surface area (TPSA) is 24.9 Å². The zero-order valence-electron chi connectivity index (χ0n) is 11.0. The summed E-state index contributed by atoms with van der Waals surface area (Å²) in [5.74, 6) is 0.271. The summed E-state index contributed by atoms with van der Waals surface area (Å²) < 4.78 is 38.4. The standard InChI is InChI=1S/C13H18ClF3N2/c1-3-12(4-2,8-14)9-19-11-10(13(15,16)17)6-5-7-18-11/h5-7H,3-4,8-9H2,1-2H3,(H,18,19). The van der Waals surface area contributed by atoms with Crippen LogP contribution in [-0.4, -0.2) is 17.4 Å². The molecule has 0 fully saturated rings. The van der Waals surface area contributed by atoms with E-state index in [9.17, 15) is 13.2 Å². The molecule has 0 aliphatic rings. The molecule has 1 N–H and O–H groups in total. The van der Waals surface area contributed by atoms with E-state index in [-0.39, 0.29) is 11.2 Å². The molecule has 1 rings (SSSR count). The second-order valence-corrected chi connectivity index (χ2v) is 4.86. The Balaban J connectivity index is 2.89. The van der Waals surface area contributed by atoms with Crippen LogP contribution in [0.3, 0.4) is 0 Å². The van der Waals surface area contributed by atoms with Gasteiger partial charge in [0.25, 0.3) is 0 Å². The van der Waals surface area contributed by atoms with Gasteiger partial charge in [-0.05, 0) is 25.0 Å². The SMILES string of the molecule is CCC(CC)(CCl)CNc1ncccc1C(F)(F)F. The van der Waals surface area contributed by atoms with Gasteiger partial charge in [-0.1, -0.05) is 13.8 Å². The number of halogens is 4. The molecule has 0 bridgehead atoms. The number of anilines is 1. The summed E-state index contributed by atoms with van der Waals surface area (Å²) in [6.07, 6.45) is -1.46. The van der Waals surface area contributed by atoms with Crippen LogP contribution in [0.4, 0.5) is 19.0 Å². The Morgan fingerprint density at radius 2 is 1.89 bits per heavy atom. The lowest BCUT2D eigenvalue weighted by atomic mass is 9.84. The molecule has 0 aliphatic heterocycles. The molecule has 0 radical (unpaired) electrons. The van der Waals surface area contributed by atoms with Crippen LogP contribution in [0.15, 0.2) is 18.3 Å². The molecular weight excluding hydrogens is 277 g/mol. The number of pyridine rings is 1. The largest absolute Gasteiger partial charge is 0.419 e. The second kappa shape index (κ2) is 6.46. The minimum absolute atomic E-state index is 0.133. The minimum atomic E-state index is -4.40. The third-order valence-electron chi connectivity index (χ3n) is 3.53. The first-order valence-electron chi connectivity index (χ1n) is 6.20. The van der Waals surface area contributed by atoms with Gasteiger partial charge in [-0.25, -0.2) is 4.98 Å². The zero-order chi connectivity index (χ0) is 14.5. The van der Waals surface area contributed by atoms with Gasteiger partial charge in [-0.3, -0.25) is 0 Å². The van der Waals surface area contributed by atoms with Gasteiger partial charge in [-0.2, -0.15) is 13.2 Å². The van der Waals surface area contributed by atoms with Crippen LogP contribution in [0, 0.1) is 5.41 Å². The molecule has 0 saturated heterocycles. The monoisotopic (exact) mass is 294 g/mol. The summed E-state index contributed by atoms with van der Waals surface area (Å²) in [5, 5.41) is 2.80. The first-order valence-corrected chi connectivity index (χ1v) is 6.74. The fourth-order valence-electron chi connectivity index (χ4n) is 1.78. The molecule has 0 amide bonds. The van der Waals surface area contributed by atoms with Crippen molar-refractivity contribution >= 4 is 17.4 Å². The molecule has 0 atom stereocenters. The lowest BCUT2D eigenvalue weighted by Gasteiger charge is -2.30. The predicted octanol–water partition coefficient (Wildman–Crippen LogP) is 4.56. The smallest absolute Gasteiger partial charge is 0.369 e. The van der Waals surface area contributed by atoms with E-state index in [2.05, 4.69) is 10.3 Å². The van der Waals surface area contributed by atoms with Crippen molar-refractivity contribution in [2.45, 2.75) is 32.9 Å². The number of hydrogen-bond donors (Lipinski definition) is 1. The minimum Gasteiger partial charge on any atom is -0.369 e. The normalized spacial score (nSPS) is 12.5. The van der Waals surface area contributed by atoms with Crippen molar-refractivity contribution in [3.05, 3.63) is 23.9 Å². The first kappa shape index (κ1) is 16.1. The van der Waals surface area contributed by atoms with Crippen molar-refractivity contribution in [2.24, 2.45) is 5.41 Å². The van der Waals surface area contributed by atoms with Crippen molar-refractivity contribution in [1.82, 2.24) is 4.98 Å². The van der Waals surface area contributed by atoms with Crippen LogP contribution >= 0.6 is 11.6 Å². The molecule has 0 saturated carbocycles. The van der Waals surface area contributed by atoms with Gasteiger partial charge in [0.05, 0.1) is 5.56 Å². The second-order valence-electron chi connectivity index (χ2n) is 4.59. The van der Waals surface area contributed by atoms with Crippen molar-refractivity contribution in [1.29, 1.82) is 0 Å². The van der Waals surface area contributed by atoms with Crippen LogP contribution in [0.5, 0.6) is 0 Å². The van der Waals surface area contributed by atoms with E-state index in [1.807, 2.05) is 13.8 Å². The quantitative estimate of drug-likeness (QED) is 0.778. The van der Waals surface area contributed by atoms with E-state index in [0.717, 1.165) is 18.9 Å². The third-order valence-corrected chi connectivity index (χ3v) is 4.09. The summed E-state index contributed by atoms with van der Waals surface area (Å²) in [7, 11) is 0. The number of aromatic nitrogens is 1. The molecule has 108 valence electrons. The number of nitrogens with one attached hydrogen (secondary N) is 1. The van der Waals surface area contributed by atoms with E-state index in [1.165, 1.54) is 12.3 Å². The summed E-state index contributed by atoms with van der Waals surface area (Å²) >= 11 is 5.94. The van der Waals surface area contributed by atoms with E-state index < -0.39 is 11.7 Å². The highest BCUT2D eigenvalue weighted by molar-refractivity contribution is 6.18. The highest BCUT2D eigenvalue weighted by atomic mass is 35.5. The third kappa shape index (κ3) is 4.00. The van der Waals surface area contributed by atoms with Gasteiger partial charge in [0.15, 0.2) is 0 Å². The van der Waals surface area contributed by atoms with Crippen molar-refractivity contribution in [2.75, 3.05) is 17.7 Å². The van der Waals surface area contributed by atoms with E-state index in [1.54, 1.807) is 0 Å². The highest BCUT2D eigenvalue weighted by Crippen LogP contribution is 2.34. The first-order chi connectivity index (χ1) is 8.88. The van der Waals surface area contributed by atoms with Gasteiger partial charge in [-0.15, -0.1) is 11.6 Å². The number of rotatable bonds is 6. The molecule has 6 heteroatoms. The van der Waals surface area contributed by atoms with Gasteiger partial charge >= 0.3 is 6.18 Å². The molecule has 0 aliphatic carbocycles. The summed E-state index contributed by atoms with van der Waals surface area (Å²) in [6, 6.07) is 2.30. The Labute approximate surface area is 116 Å². The zero-order valence-corrected chi connectivity index (χ0v) is 11.8. The van der Waals surface area contributed by atoms with Crippen LogP contribution in [0.1, 0.15) is 32.3 Å². The Bertz CT molecular complexity index is 395. The number of nitrogens with zero attached hydrogens (tertiary/aromatic N) is 1. The molecule has 1 heterocycles. The van der Waals surface area contributed by atoms with Crippen LogP contribution < -0.4 is 5.32 Å². The van der Waals surface area contributed by atoms with Crippen LogP contribution in [0.2, 0.25) is 0 Å². The van der Waals surface area contributed by atoms with Gasteiger partial charge < -0.3 is 5.32 Å². The highest BCUT2D eigenvalue weighted by Gasteiger charge is 2.34. The molecule has 1 aromatic heterocycles. The summed E-state index contributed by atoms with van der Waals surface area (Å²) in [6.45, 7) is 4.34. The van der Waals surface area contributed by atoms with Crippen molar-refractivity contribution < 1.29 is 13.2 Å². The van der Waals surface area contributed by atoms with E-state index in [0.29, 0.717) is 12.4 Å². The van der Waals surface area contributed by atoms with E-state index in [4.69, 9.17) is 11.6 Å². The summed E-state index contributed by atoms with van der Waals surface area (Å²) in [5.41, 5.74) is -0.951. The van der Waals surface area contributed by atoms with Gasteiger partial charge in [0, 0.05) is 24.0 Å². The van der Waals surface area contributed by atoms with Crippen LogP contribution in [-0.2, 0) is 6.18 Å². The molecule has 19 heavy (non-hydrogen) atoms. The Morgan fingerprint density at radius 1 is 1.26 bits per heavy atom. The van der Waals surface area contributed by atoms with E-state index >= 15 is 0 Å². The predicted molar refractivity (Wildman–Crippen MR) is 71.5 cm³/mol. The molecule has 0 unspecified atom stereocenters. The lowest BCUT2D eigenvalue weighted by Crippen LogP contribution is -2.31. The van der Waals surface area contributed by atoms with Gasteiger partial charge in [0.2, 0.25) is 0 Å². The maximum absolute atomic E-state index is 12.8. The maximum atomic E-state index is 12.8. The molecular formula is C13H18ClF3N2. The average Bonchev–Trinajstić information content (AvgIpc) is 2.40. The maximum Gasteiger partial charge on any atom is 0.419 e. The Morgan fingerprint density at radius 3 is 2.37 bits per heavy atom. The average molecular weight is 295 g/mol. The molecule has 1 aromatic rings. The fourth-order valence-corrected chi connectivity index (χ4v) is 2.25. The molecule has 2 nitrogen and oxygen atoms in total. The molecule has 0 spiro atoms. The number of hydrogen-bond acceptors (Lipinski definition) is 2. The lowest BCUT2D eigenvalue weighted by molar-refractivity contribution is -0.137. The Kier molecular flexibility index (Phi) is 5.47. The van der Waals surface area contributed by atoms with Crippen molar-refractivity contribution in [3.8, 4) is 0 Å². The number of alkyl halides is 4. The van der Waals surface area contributed by atoms with Crippen LogP contribution in [0.25, 0.3) is 0 Å². The fraction of sp³-hybridized carbons (Fsp3) is 0.615. The van der Waals surface area contributed by atoms with Gasteiger partial charge in [0.1, 0.15) is 5.82 Å². The van der Waals surface area contributed by atoms with Crippen molar-refractivity contribution in [3.63, 3.8) is 0 Å². The molecule has 0 aromatic carbocycles. The summed E-state index contributed by atoms with van der Waals surface area (Å²) in [4.78, 5) is 3.78. The Hall–Kier alpha value is -0.970.